The first-order chi connectivity index (χ1) is 13.6. The second-order valence-electron chi connectivity index (χ2n) is 6.62. The van der Waals surface area contributed by atoms with Gasteiger partial charge in [0.25, 0.3) is 0 Å². The predicted molar refractivity (Wildman–Crippen MR) is 108 cm³/mol. The second kappa shape index (κ2) is 7.79. The molecule has 1 unspecified atom stereocenters. The highest BCUT2D eigenvalue weighted by atomic mass is 19.1. The highest BCUT2D eigenvalue weighted by Gasteiger charge is 2.21. The normalized spacial score (nSPS) is 12.2. The molecular formula is C24H19FO3. The highest BCUT2D eigenvalue weighted by molar-refractivity contribution is 5.82. The van der Waals surface area contributed by atoms with Crippen LogP contribution >= 0.6 is 0 Å². The molecule has 4 heteroatoms. The second-order valence-corrected chi connectivity index (χ2v) is 6.62. The molecule has 0 bridgehead atoms. The van der Waals surface area contributed by atoms with Crippen molar-refractivity contribution in [2.75, 3.05) is 0 Å². The minimum absolute atomic E-state index is 0.197. The highest BCUT2D eigenvalue weighted by Crippen LogP contribution is 2.31. The van der Waals surface area contributed by atoms with Gasteiger partial charge in [-0.2, -0.15) is 0 Å². The fourth-order valence-corrected chi connectivity index (χ4v) is 3.23. The minimum atomic E-state index is -0.490. The van der Waals surface area contributed by atoms with Gasteiger partial charge in [-0.3, -0.25) is 4.79 Å². The number of fused-ring (bicyclic) bond motifs is 1. The van der Waals surface area contributed by atoms with Crippen LogP contribution in [0.25, 0.3) is 22.1 Å². The fraction of sp³-hybridized carbons (Fsp3) is 0.125. The summed E-state index contributed by atoms with van der Waals surface area (Å²) in [5.74, 6) is -0.0147. The maximum Gasteiger partial charge on any atom is 0.200 e. The van der Waals surface area contributed by atoms with Gasteiger partial charge in [0.15, 0.2) is 0 Å². The molecule has 28 heavy (non-hydrogen) atoms. The number of ether oxygens (including phenoxy) is 1. The van der Waals surface area contributed by atoms with Crippen LogP contribution in [0.2, 0.25) is 0 Å². The standard InChI is InChI=1S/C24H19FO3/c1-16(27-15-17-8-3-2-4-9-17)24-22(18-10-7-11-19(25)14-18)23(26)20-12-5-6-13-21(20)28-24/h2-14,16H,15H2,1H3. The lowest BCUT2D eigenvalue weighted by molar-refractivity contribution is 0.0389. The van der Waals surface area contributed by atoms with Crippen LogP contribution in [0, 0.1) is 5.82 Å². The zero-order valence-corrected chi connectivity index (χ0v) is 15.4. The Morgan fingerprint density at radius 1 is 0.964 bits per heavy atom. The summed E-state index contributed by atoms with van der Waals surface area (Å²) in [5.41, 5.74) is 2.11. The smallest absolute Gasteiger partial charge is 0.200 e. The number of benzene rings is 3. The van der Waals surface area contributed by atoms with E-state index >= 15 is 0 Å². The van der Waals surface area contributed by atoms with Crippen LogP contribution in [0.5, 0.6) is 0 Å². The maximum absolute atomic E-state index is 13.8. The van der Waals surface area contributed by atoms with Gasteiger partial charge in [0.2, 0.25) is 5.43 Å². The van der Waals surface area contributed by atoms with Crippen molar-refractivity contribution in [3.8, 4) is 11.1 Å². The SMILES string of the molecule is CC(OCc1ccccc1)c1oc2ccccc2c(=O)c1-c1cccc(F)c1. The van der Waals surface area contributed by atoms with Gasteiger partial charge in [-0.25, -0.2) is 4.39 Å². The minimum Gasteiger partial charge on any atom is -0.457 e. The Hall–Kier alpha value is -3.24. The Morgan fingerprint density at radius 3 is 2.50 bits per heavy atom. The van der Waals surface area contributed by atoms with Crippen molar-refractivity contribution in [2.24, 2.45) is 0 Å². The molecule has 0 saturated carbocycles. The van der Waals surface area contributed by atoms with Gasteiger partial charge in [0, 0.05) is 0 Å². The summed E-state index contributed by atoms with van der Waals surface area (Å²) >= 11 is 0. The first kappa shape index (κ1) is 18.1. The summed E-state index contributed by atoms with van der Waals surface area (Å²) in [6, 6.07) is 22.8. The first-order valence-corrected chi connectivity index (χ1v) is 9.10. The molecule has 4 rings (SSSR count). The van der Waals surface area contributed by atoms with Gasteiger partial charge in [-0.1, -0.05) is 54.6 Å². The third-order valence-electron chi connectivity index (χ3n) is 4.65. The van der Waals surface area contributed by atoms with E-state index in [-0.39, 0.29) is 5.43 Å². The molecular weight excluding hydrogens is 355 g/mol. The van der Waals surface area contributed by atoms with E-state index in [0.717, 1.165) is 5.56 Å². The van der Waals surface area contributed by atoms with Crippen LogP contribution in [0.15, 0.2) is 88.1 Å². The summed E-state index contributed by atoms with van der Waals surface area (Å²) in [6.45, 7) is 2.21. The number of hydrogen-bond acceptors (Lipinski definition) is 3. The Kier molecular flexibility index (Phi) is 5.04. The van der Waals surface area contributed by atoms with E-state index in [4.69, 9.17) is 9.15 Å². The Balaban J connectivity index is 1.81. The lowest BCUT2D eigenvalue weighted by atomic mass is 10.00. The Bertz CT molecular complexity index is 1170. The Morgan fingerprint density at radius 2 is 1.71 bits per heavy atom. The first-order valence-electron chi connectivity index (χ1n) is 9.10. The molecule has 0 aliphatic heterocycles. The van der Waals surface area contributed by atoms with E-state index in [2.05, 4.69) is 0 Å². The van der Waals surface area contributed by atoms with Crippen LogP contribution in [-0.4, -0.2) is 0 Å². The van der Waals surface area contributed by atoms with E-state index in [9.17, 15) is 9.18 Å². The van der Waals surface area contributed by atoms with E-state index in [0.29, 0.717) is 34.5 Å². The average Bonchev–Trinajstić information content (AvgIpc) is 2.72. The summed E-state index contributed by atoms with van der Waals surface area (Å²) in [4.78, 5) is 13.2. The zero-order chi connectivity index (χ0) is 19.5. The number of para-hydroxylation sites is 1. The average molecular weight is 374 g/mol. The lowest BCUT2D eigenvalue weighted by Gasteiger charge is -2.17. The molecule has 0 saturated heterocycles. The number of rotatable bonds is 5. The quantitative estimate of drug-likeness (QED) is 0.438. The van der Waals surface area contributed by atoms with E-state index in [1.807, 2.05) is 43.3 Å². The third kappa shape index (κ3) is 3.59. The number of halogens is 1. The zero-order valence-electron chi connectivity index (χ0n) is 15.4. The fourth-order valence-electron chi connectivity index (χ4n) is 3.23. The van der Waals surface area contributed by atoms with Crippen molar-refractivity contribution >= 4 is 11.0 Å². The molecule has 4 aromatic rings. The van der Waals surface area contributed by atoms with Crippen LogP contribution < -0.4 is 5.43 Å². The van der Waals surface area contributed by atoms with Crippen molar-refractivity contribution < 1.29 is 13.5 Å². The summed E-state index contributed by atoms with van der Waals surface area (Å²) in [6.07, 6.45) is -0.490. The molecule has 0 aliphatic carbocycles. The summed E-state index contributed by atoms with van der Waals surface area (Å²) in [5, 5.41) is 0.459. The molecule has 0 fully saturated rings. The van der Waals surface area contributed by atoms with Gasteiger partial charge in [0.1, 0.15) is 23.3 Å². The van der Waals surface area contributed by atoms with Crippen molar-refractivity contribution in [2.45, 2.75) is 19.6 Å². The van der Waals surface area contributed by atoms with Crippen LogP contribution in [0.3, 0.4) is 0 Å². The number of hydrogen-bond donors (Lipinski definition) is 0. The van der Waals surface area contributed by atoms with Crippen LogP contribution in [-0.2, 0) is 11.3 Å². The van der Waals surface area contributed by atoms with Crippen molar-refractivity contribution in [3.05, 3.63) is 106 Å². The Labute approximate surface area is 162 Å². The molecule has 0 spiro atoms. The molecule has 0 amide bonds. The van der Waals surface area contributed by atoms with Crippen molar-refractivity contribution in [3.63, 3.8) is 0 Å². The van der Waals surface area contributed by atoms with Crippen molar-refractivity contribution in [1.29, 1.82) is 0 Å². The molecule has 0 N–H and O–H groups in total. The lowest BCUT2D eigenvalue weighted by Crippen LogP contribution is -2.12. The molecule has 0 radical (unpaired) electrons. The van der Waals surface area contributed by atoms with Crippen LogP contribution in [0.1, 0.15) is 24.4 Å². The molecule has 3 nitrogen and oxygen atoms in total. The van der Waals surface area contributed by atoms with Gasteiger partial charge < -0.3 is 9.15 Å². The largest absolute Gasteiger partial charge is 0.457 e. The van der Waals surface area contributed by atoms with Crippen molar-refractivity contribution in [1.82, 2.24) is 0 Å². The van der Waals surface area contributed by atoms with E-state index < -0.39 is 11.9 Å². The molecule has 1 atom stereocenters. The predicted octanol–water partition coefficient (Wildman–Crippen LogP) is 5.88. The van der Waals surface area contributed by atoms with Gasteiger partial charge in [-0.15, -0.1) is 0 Å². The van der Waals surface area contributed by atoms with Crippen LogP contribution in [0.4, 0.5) is 4.39 Å². The van der Waals surface area contributed by atoms with E-state index in [1.54, 1.807) is 30.3 Å². The molecule has 3 aromatic carbocycles. The molecule has 140 valence electrons. The molecule has 1 aromatic heterocycles. The van der Waals surface area contributed by atoms with Gasteiger partial charge in [0.05, 0.1) is 17.6 Å². The molecule has 1 heterocycles. The maximum atomic E-state index is 13.8. The van der Waals surface area contributed by atoms with Gasteiger partial charge in [-0.05, 0) is 42.3 Å². The monoisotopic (exact) mass is 374 g/mol. The van der Waals surface area contributed by atoms with Gasteiger partial charge >= 0.3 is 0 Å². The topological polar surface area (TPSA) is 39.4 Å². The van der Waals surface area contributed by atoms with E-state index in [1.165, 1.54) is 12.1 Å². The third-order valence-corrected chi connectivity index (χ3v) is 4.65. The molecule has 0 aliphatic rings. The summed E-state index contributed by atoms with van der Waals surface area (Å²) < 4.78 is 25.9. The summed E-state index contributed by atoms with van der Waals surface area (Å²) in [7, 11) is 0.